The average Bonchev–Trinajstić information content (AvgIpc) is 2.00. The summed E-state index contributed by atoms with van der Waals surface area (Å²) in [5.41, 5.74) is 0. The van der Waals surface area contributed by atoms with Gasteiger partial charge in [0.05, 0.1) is 6.04 Å². The smallest absolute Gasteiger partial charge is 0.317 e. The van der Waals surface area contributed by atoms with E-state index in [1.807, 2.05) is 0 Å². The molecule has 56 valence electrons. The fourth-order valence-electron chi connectivity index (χ4n) is 0.464. The highest BCUT2D eigenvalue weighted by molar-refractivity contribution is 5.74. The number of amides is 2. The predicted molar refractivity (Wildman–Crippen MR) is 40.5 cm³/mol. The molecule has 0 radical (unpaired) electrons. The summed E-state index contributed by atoms with van der Waals surface area (Å²) in [6.45, 7) is 1.79. The minimum Gasteiger partial charge on any atom is -0.341 e. The summed E-state index contributed by atoms with van der Waals surface area (Å²) in [6.07, 6.45) is 5.09. The SMILES string of the molecule is C#CC(C)N(C)C(=O)NC. The van der Waals surface area contributed by atoms with Crippen molar-refractivity contribution in [3.8, 4) is 12.3 Å². The van der Waals surface area contributed by atoms with Gasteiger partial charge in [0.1, 0.15) is 0 Å². The molecule has 0 saturated heterocycles. The quantitative estimate of drug-likeness (QED) is 0.521. The Balaban J connectivity index is 3.97. The van der Waals surface area contributed by atoms with E-state index >= 15 is 0 Å². The number of nitrogens with one attached hydrogen (secondary N) is 1. The molecular weight excluding hydrogens is 128 g/mol. The second kappa shape index (κ2) is 3.78. The van der Waals surface area contributed by atoms with Gasteiger partial charge >= 0.3 is 6.03 Å². The van der Waals surface area contributed by atoms with Crippen LogP contribution in [0.2, 0.25) is 0 Å². The number of hydrogen-bond donors (Lipinski definition) is 1. The lowest BCUT2D eigenvalue weighted by Crippen LogP contribution is -2.40. The Morgan fingerprint density at radius 3 is 2.60 bits per heavy atom. The third-order valence-corrected chi connectivity index (χ3v) is 1.36. The molecule has 0 aliphatic rings. The molecule has 2 amide bonds. The van der Waals surface area contributed by atoms with E-state index in [-0.39, 0.29) is 12.1 Å². The highest BCUT2D eigenvalue weighted by Gasteiger charge is 2.09. The zero-order valence-electron chi connectivity index (χ0n) is 6.51. The Morgan fingerprint density at radius 1 is 1.80 bits per heavy atom. The van der Waals surface area contributed by atoms with Gasteiger partial charge in [-0.1, -0.05) is 5.92 Å². The average molecular weight is 140 g/mol. The third-order valence-electron chi connectivity index (χ3n) is 1.36. The molecule has 3 nitrogen and oxygen atoms in total. The summed E-state index contributed by atoms with van der Waals surface area (Å²) in [7, 11) is 3.23. The Kier molecular flexibility index (Phi) is 3.34. The van der Waals surface area contributed by atoms with Gasteiger partial charge in [-0.05, 0) is 6.92 Å². The van der Waals surface area contributed by atoms with Crippen molar-refractivity contribution in [3.05, 3.63) is 0 Å². The molecule has 10 heavy (non-hydrogen) atoms. The zero-order chi connectivity index (χ0) is 8.15. The number of terminal acetylenes is 1. The summed E-state index contributed by atoms with van der Waals surface area (Å²) >= 11 is 0. The number of carbonyl (C=O) groups excluding carboxylic acids is 1. The molecule has 0 aromatic rings. The molecule has 1 atom stereocenters. The van der Waals surface area contributed by atoms with Crippen molar-refractivity contribution in [1.82, 2.24) is 10.2 Å². The predicted octanol–water partition coefficient (Wildman–Crippen LogP) is 0.279. The number of nitrogens with zero attached hydrogens (tertiary/aromatic N) is 1. The van der Waals surface area contributed by atoms with Gasteiger partial charge in [0.2, 0.25) is 0 Å². The van der Waals surface area contributed by atoms with Crippen LogP contribution in [0.15, 0.2) is 0 Å². The first-order chi connectivity index (χ1) is 4.63. The van der Waals surface area contributed by atoms with Crippen molar-refractivity contribution < 1.29 is 4.79 Å². The maximum Gasteiger partial charge on any atom is 0.317 e. The molecule has 0 aliphatic carbocycles. The molecular formula is C7H12N2O. The first-order valence-corrected chi connectivity index (χ1v) is 3.04. The topological polar surface area (TPSA) is 32.3 Å². The maximum atomic E-state index is 10.8. The van der Waals surface area contributed by atoms with E-state index in [9.17, 15) is 4.79 Å². The van der Waals surface area contributed by atoms with Gasteiger partial charge in [-0.2, -0.15) is 0 Å². The summed E-state index contributed by atoms with van der Waals surface area (Å²) in [5.74, 6) is 2.44. The molecule has 0 rings (SSSR count). The Labute approximate surface area is 61.4 Å². The first kappa shape index (κ1) is 8.83. The maximum absolute atomic E-state index is 10.8. The lowest BCUT2D eigenvalue weighted by atomic mass is 10.3. The number of carbonyl (C=O) groups is 1. The van der Waals surface area contributed by atoms with Crippen LogP contribution in [0.1, 0.15) is 6.92 Å². The minimum atomic E-state index is -0.162. The van der Waals surface area contributed by atoms with Crippen LogP contribution < -0.4 is 5.32 Å². The van der Waals surface area contributed by atoms with E-state index in [2.05, 4.69) is 11.2 Å². The van der Waals surface area contributed by atoms with Gasteiger partial charge in [0.15, 0.2) is 0 Å². The molecule has 0 aromatic heterocycles. The van der Waals surface area contributed by atoms with Crippen LogP contribution in [0.5, 0.6) is 0 Å². The van der Waals surface area contributed by atoms with Crippen molar-refractivity contribution in [2.75, 3.05) is 14.1 Å². The van der Waals surface area contributed by atoms with E-state index < -0.39 is 0 Å². The monoisotopic (exact) mass is 140 g/mol. The van der Waals surface area contributed by atoms with Crippen LogP contribution in [-0.4, -0.2) is 31.1 Å². The third kappa shape index (κ3) is 1.98. The molecule has 0 aliphatic heterocycles. The molecule has 0 aromatic carbocycles. The van der Waals surface area contributed by atoms with Gasteiger partial charge in [-0.25, -0.2) is 4.79 Å². The van der Waals surface area contributed by atoms with Crippen LogP contribution in [0, 0.1) is 12.3 Å². The lowest BCUT2D eigenvalue weighted by Gasteiger charge is -2.19. The van der Waals surface area contributed by atoms with Gasteiger partial charge in [0.25, 0.3) is 0 Å². The van der Waals surface area contributed by atoms with Crippen LogP contribution in [0.25, 0.3) is 0 Å². The van der Waals surface area contributed by atoms with E-state index in [0.29, 0.717) is 0 Å². The largest absolute Gasteiger partial charge is 0.341 e. The molecule has 3 heteroatoms. The summed E-state index contributed by atoms with van der Waals surface area (Å²) in [5, 5.41) is 2.47. The lowest BCUT2D eigenvalue weighted by molar-refractivity contribution is 0.206. The number of rotatable bonds is 1. The van der Waals surface area contributed by atoms with Gasteiger partial charge in [0, 0.05) is 14.1 Å². The van der Waals surface area contributed by atoms with E-state index in [0.717, 1.165) is 0 Å². The standard InChI is InChI=1S/C7H12N2O/c1-5-6(2)9(4)7(10)8-3/h1,6H,2-4H3,(H,8,10). The fourth-order valence-corrected chi connectivity index (χ4v) is 0.464. The zero-order valence-corrected chi connectivity index (χ0v) is 6.51. The van der Waals surface area contributed by atoms with Crippen LogP contribution in [-0.2, 0) is 0 Å². The first-order valence-electron chi connectivity index (χ1n) is 3.04. The van der Waals surface area contributed by atoms with Gasteiger partial charge in [-0.3, -0.25) is 0 Å². The normalized spacial score (nSPS) is 11.4. The molecule has 1 unspecified atom stereocenters. The highest BCUT2D eigenvalue weighted by Crippen LogP contribution is 1.92. The molecule has 0 saturated carbocycles. The molecule has 0 bridgehead atoms. The van der Waals surface area contributed by atoms with Gasteiger partial charge < -0.3 is 10.2 Å². The van der Waals surface area contributed by atoms with Crippen molar-refractivity contribution >= 4 is 6.03 Å². The van der Waals surface area contributed by atoms with Crippen LogP contribution in [0.3, 0.4) is 0 Å². The fraction of sp³-hybridized carbons (Fsp3) is 0.571. The molecule has 0 fully saturated rings. The second-order valence-corrected chi connectivity index (χ2v) is 2.01. The van der Waals surface area contributed by atoms with Crippen molar-refractivity contribution in [2.45, 2.75) is 13.0 Å². The Hall–Kier alpha value is -1.17. The molecule has 0 heterocycles. The van der Waals surface area contributed by atoms with Gasteiger partial charge in [-0.15, -0.1) is 6.42 Å². The van der Waals surface area contributed by atoms with Crippen molar-refractivity contribution in [2.24, 2.45) is 0 Å². The second-order valence-electron chi connectivity index (χ2n) is 2.01. The van der Waals surface area contributed by atoms with Crippen molar-refractivity contribution in [3.63, 3.8) is 0 Å². The van der Waals surface area contributed by atoms with Crippen LogP contribution in [0.4, 0.5) is 4.79 Å². The Morgan fingerprint density at radius 2 is 2.30 bits per heavy atom. The molecule has 0 spiro atoms. The summed E-state index contributed by atoms with van der Waals surface area (Å²) in [6, 6.07) is -0.314. The van der Waals surface area contributed by atoms with Crippen molar-refractivity contribution in [1.29, 1.82) is 0 Å². The minimum absolute atomic E-state index is 0.153. The molecule has 1 N–H and O–H groups in total. The highest BCUT2D eigenvalue weighted by atomic mass is 16.2. The van der Waals surface area contributed by atoms with E-state index in [4.69, 9.17) is 6.42 Å². The number of urea groups is 1. The number of hydrogen-bond acceptors (Lipinski definition) is 1. The Bertz CT molecular complexity index is 159. The summed E-state index contributed by atoms with van der Waals surface area (Å²) < 4.78 is 0. The summed E-state index contributed by atoms with van der Waals surface area (Å²) in [4.78, 5) is 12.3. The van der Waals surface area contributed by atoms with E-state index in [1.54, 1.807) is 21.0 Å². The van der Waals surface area contributed by atoms with Crippen LogP contribution >= 0.6 is 0 Å². The van der Waals surface area contributed by atoms with E-state index in [1.165, 1.54) is 4.90 Å².